The molecule has 1 atom stereocenters. The summed E-state index contributed by atoms with van der Waals surface area (Å²) >= 11 is 7.60. The normalized spacial score (nSPS) is 16.5. The summed E-state index contributed by atoms with van der Waals surface area (Å²) in [5, 5.41) is 5.81. The van der Waals surface area contributed by atoms with Crippen LogP contribution in [0.4, 0.5) is 11.4 Å². The SMILES string of the molecule is Cc1ccc(NC(=O)CCS(=O)(=O)c2ccc3c(c2)NC(=O)[C@H](C)CS3)c(Cl)c1. The first-order valence-corrected chi connectivity index (χ1v) is 12.0. The summed E-state index contributed by atoms with van der Waals surface area (Å²) in [5.41, 5.74) is 1.89. The number of anilines is 2. The molecule has 29 heavy (non-hydrogen) atoms. The van der Waals surface area contributed by atoms with Crippen molar-refractivity contribution in [1.82, 2.24) is 0 Å². The Labute approximate surface area is 179 Å². The van der Waals surface area contributed by atoms with E-state index in [1.807, 2.05) is 13.8 Å². The Kier molecular flexibility index (Phi) is 6.55. The number of hydrogen-bond donors (Lipinski definition) is 2. The van der Waals surface area contributed by atoms with E-state index in [0.717, 1.165) is 10.5 Å². The Bertz CT molecular complexity index is 1070. The Morgan fingerprint density at radius 3 is 2.76 bits per heavy atom. The van der Waals surface area contributed by atoms with Gasteiger partial charge < -0.3 is 10.6 Å². The number of fused-ring (bicyclic) bond motifs is 1. The second-order valence-corrected chi connectivity index (χ2v) is 10.5. The summed E-state index contributed by atoms with van der Waals surface area (Å²) in [7, 11) is -3.70. The first kappa shape index (κ1) is 21.7. The van der Waals surface area contributed by atoms with Crippen molar-refractivity contribution in [2.75, 3.05) is 22.1 Å². The van der Waals surface area contributed by atoms with Crippen LogP contribution < -0.4 is 10.6 Å². The molecule has 0 spiro atoms. The van der Waals surface area contributed by atoms with Gasteiger partial charge in [-0.2, -0.15) is 0 Å². The van der Waals surface area contributed by atoms with Crippen molar-refractivity contribution in [2.45, 2.75) is 30.1 Å². The zero-order valence-electron chi connectivity index (χ0n) is 16.0. The van der Waals surface area contributed by atoms with Gasteiger partial charge >= 0.3 is 0 Å². The summed E-state index contributed by atoms with van der Waals surface area (Å²) in [6.45, 7) is 3.71. The van der Waals surface area contributed by atoms with Crippen LogP contribution in [0.15, 0.2) is 46.2 Å². The molecule has 0 saturated carbocycles. The van der Waals surface area contributed by atoms with Crippen LogP contribution >= 0.6 is 23.4 Å². The van der Waals surface area contributed by atoms with Gasteiger partial charge in [-0.3, -0.25) is 9.59 Å². The highest BCUT2D eigenvalue weighted by Crippen LogP contribution is 2.34. The average Bonchev–Trinajstić information content (AvgIpc) is 2.80. The lowest BCUT2D eigenvalue weighted by molar-refractivity contribution is -0.118. The third-order valence-corrected chi connectivity index (χ3v) is 7.86. The highest BCUT2D eigenvalue weighted by Gasteiger charge is 2.23. The van der Waals surface area contributed by atoms with Crippen LogP contribution in [-0.4, -0.2) is 31.7 Å². The molecule has 0 aliphatic carbocycles. The van der Waals surface area contributed by atoms with E-state index >= 15 is 0 Å². The maximum Gasteiger partial charge on any atom is 0.228 e. The molecule has 0 radical (unpaired) electrons. The van der Waals surface area contributed by atoms with Gasteiger partial charge in [0, 0.05) is 23.0 Å². The molecular weight excluding hydrogens is 432 g/mol. The van der Waals surface area contributed by atoms with Crippen molar-refractivity contribution in [3.05, 3.63) is 47.0 Å². The molecule has 9 heteroatoms. The molecule has 0 bridgehead atoms. The zero-order valence-corrected chi connectivity index (χ0v) is 18.4. The molecule has 1 heterocycles. The van der Waals surface area contributed by atoms with Gasteiger partial charge in [-0.15, -0.1) is 11.8 Å². The molecule has 1 aliphatic rings. The largest absolute Gasteiger partial charge is 0.325 e. The maximum absolute atomic E-state index is 12.7. The van der Waals surface area contributed by atoms with Crippen LogP contribution in [0.3, 0.4) is 0 Å². The molecule has 0 unspecified atom stereocenters. The van der Waals surface area contributed by atoms with E-state index in [2.05, 4.69) is 10.6 Å². The average molecular weight is 453 g/mol. The van der Waals surface area contributed by atoms with Crippen molar-refractivity contribution in [1.29, 1.82) is 0 Å². The van der Waals surface area contributed by atoms with Crippen LogP contribution in [0.1, 0.15) is 18.9 Å². The highest BCUT2D eigenvalue weighted by atomic mass is 35.5. The summed E-state index contributed by atoms with van der Waals surface area (Å²) < 4.78 is 25.4. The van der Waals surface area contributed by atoms with Crippen LogP contribution in [0.25, 0.3) is 0 Å². The third-order valence-electron chi connectivity index (χ3n) is 4.50. The predicted octanol–water partition coefficient (Wildman–Crippen LogP) is 4.13. The molecule has 2 aromatic carbocycles. The van der Waals surface area contributed by atoms with E-state index in [4.69, 9.17) is 11.6 Å². The van der Waals surface area contributed by atoms with Crippen molar-refractivity contribution in [2.24, 2.45) is 5.92 Å². The number of amides is 2. The number of carbonyl (C=O) groups excluding carboxylic acids is 2. The van der Waals surface area contributed by atoms with Crippen molar-refractivity contribution < 1.29 is 18.0 Å². The number of sulfone groups is 1. The maximum atomic E-state index is 12.7. The van der Waals surface area contributed by atoms with Gasteiger partial charge in [-0.25, -0.2) is 8.42 Å². The molecule has 3 rings (SSSR count). The molecule has 154 valence electrons. The van der Waals surface area contributed by atoms with Crippen LogP contribution in [-0.2, 0) is 19.4 Å². The number of halogens is 1. The minimum absolute atomic E-state index is 0.0767. The fourth-order valence-corrected chi connectivity index (χ4v) is 5.31. The molecule has 0 saturated heterocycles. The van der Waals surface area contributed by atoms with Gasteiger partial charge in [0.05, 0.1) is 27.0 Å². The zero-order chi connectivity index (χ0) is 21.2. The van der Waals surface area contributed by atoms with Gasteiger partial charge in [-0.05, 0) is 42.8 Å². The summed E-state index contributed by atoms with van der Waals surface area (Å²) in [6, 6.07) is 9.87. The highest BCUT2D eigenvalue weighted by molar-refractivity contribution is 7.99. The number of thioether (sulfide) groups is 1. The topological polar surface area (TPSA) is 92.3 Å². The predicted molar refractivity (Wildman–Crippen MR) is 116 cm³/mol. The number of hydrogen-bond acceptors (Lipinski definition) is 5. The van der Waals surface area contributed by atoms with E-state index in [0.29, 0.717) is 22.2 Å². The Hall–Kier alpha value is -2.03. The van der Waals surface area contributed by atoms with Crippen molar-refractivity contribution in [3.8, 4) is 0 Å². The number of rotatable bonds is 5. The Balaban J connectivity index is 1.69. The van der Waals surface area contributed by atoms with Crippen LogP contribution in [0.2, 0.25) is 5.02 Å². The van der Waals surface area contributed by atoms with E-state index in [9.17, 15) is 18.0 Å². The minimum atomic E-state index is -3.70. The standard InChI is InChI=1S/C20H21ClN2O4S2/c1-12-3-5-16(15(21)9-12)22-19(24)7-8-29(26,27)14-4-6-18-17(10-14)23-20(25)13(2)11-28-18/h3-6,9-10,13H,7-8,11H2,1-2H3,(H,22,24)(H,23,25)/t13-/m1/s1. The minimum Gasteiger partial charge on any atom is -0.325 e. The molecule has 2 amide bonds. The molecule has 6 nitrogen and oxygen atoms in total. The quantitative estimate of drug-likeness (QED) is 0.711. The van der Waals surface area contributed by atoms with Crippen LogP contribution in [0.5, 0.6) is 0 Å². The lowest BCUT2D eigenvalue weighted by Gasteiger charge is -2.11. The molecule has 2 N–H and O–H groups in total. The Morgan fingerprint density at radius 1 is 1.28 bits per heavy atom. The monoisotopic (exact) mass is 452 g/mol. The van der Waals surface area contributed by atoms with Gasteiger partial charge in [0.25, 0.3) is 0 Å². The fourth-order valence-electron chi connectivity index (χ4n) is 2.75. The molecule has 1 aliphatic heterocycles. The first-order valence-electron chi connectivity index (χ1n) is 9.02. The van der Waals surface area contributed by atoms with E-state index in [1.165, 1.54) is 23.9 Å². The lowest BCUT2D eigenvalue weighted by Crippen LogP contribution is -2.20. The van der Waals surface area contributed by atoms with Gasteiger partial charge in [0.2, 0.25) is 11.8 Å². The molecular formula is C20H21ClN2O4S2. The van der Waals surface area contributed by atoms with Crippen molar-refractivity contribution >= 4 is 56.4 Å². The van der Waals surface area contributed by atoms with Gasteiger partial charge in [-0.1, -0.05) is 24.6 Å². The molecule has 0 fully saturated rings. The number of carbonyl (C=O) groups is 2. The van der Waals surface area contributed by atoms with Crippen LogP contribution in [0, 0.1) is 12.8 Å². The van der Waals surface area contributed by atoms with Gasteiger partial charge in [0.15, 0.2) is 9.84 Å². The number of benzene rings is 2. The fraction of sp³-hybridized carbons (Fsp3) is 0.300. The first-order chi connectivity index (χ1) is 13.7. The summed E-state index contributed by atoms with van der Waals surface area (Å²) in [6.07, 6.45) is -0.207. The number of nitrogens with one attached hydrogen (secondary N) is 2. The van der Waals surface area contributed by atoms with E-state index < -0.39 is 15.7 Å². The third kappa shape index (κ3) is 5.32. The lowest BCUT2D eigenvalue weighted by atomic mass is 10.2. The molecule has 0 aromatic heterocycles. The summed E-state index contributed by atoms with van der Waals surface area (Å²) in [4.78, 5) is 25.1. The number of aryl methyl sites for hydroxylation is 1. The van der Waals surface area contributed by atoms with Gasteiger partial charge in [0.1, 0.15) is 0 Å². The van der Waals surface area contributed by atoms with Crippen molar-refractivity contribution in [3.63, 3.8) is 0 Å². The smallest absolute Gasteiger partial charge is 0.228 e. The summed E-state index contributed by atoms with van der Waals surface area (Å²) in [5.74, 6) is -0.456. The molecule has 2 aromatic rings. The Morgan fingerprint density at radius 2 is 2.03 bits per heavy atom. The second kappa shape index (κ2) is 8.77. The van der Waals surface area contributed by atoms with E-state index in [-0.39, 0.29) is 28.9 Å². The van der Waals surface area contributed by atoms with E-state index in [1.54, 1.807) is 24.3 Å². The second-order valence-electron chi connectivity index (χ2n) is 6.96.